The molecule has 0 saturated carbocycles. The van der Waals surface area contributed by atoms with Gasteiger partial charge in [0.05, 0.1) is 29.9 Å². The molecular weight excluding hydrogens is 312 g/mol. The Bertz CT molecular complexity index is 799. The summed E-state index contributed by atoms with van der Waals surface area (Å²) in [6.07, 6.45) is 2.94. The van der Waals surface area contributed by atoms with Gasteiger partial charge in [0.2, 0.25) is 0 Å². The number of nitrogens with zero attached hydrogens (tertiary/aromatic N) is 1. The third-order valence-corrected chi connectivity index (χ3v) is 5.54. The van der Waals surface area contributed by atoms with E-state index < -0.39 is 0 Å². The lowest BCUT2D eigenvalue weighted by molar-refractivity contribution is -0.0484. The van der Waals surface area contributed by atoms with Crippen molar-refractivity contribution in [2.45, 2.75) is 36.8 Å². The highest BCUT2D eigenvalue weighted by molar-refractivity contribution is 5.44. The molecule has 0 aliphatic carbocycles. The maximum Gasteiger partial charge on any atom is 0.119 e. The van der Waals surface area contributed by atoms with Crippen molar-refractivity contribution in [3.8, 4) is 11.8 Å². The van der Waals surface area contributed by atoms with Crippen molar-refractivity contribution >= 4 is 0 Å². The van der Waals surface area contributed by atoms with Crippen molar-refractivity contribution in [2.24, 2.45) is 0 Å². The van der Waals surface area contributed by atoms with Crippen molar-refractivity contribution < 1.29 is 9.84 Å². The molecular formula is C21H22N2O2. The van der Waals surface area contributed by atoms with Crippen LogP contribution in [0.15, 0.2) is 48.5 Å². The molecule has 0 unspecified atom stereocenters. The summed E-state index contributed by atoms with van der Waals surface area (Å²) in [6.45, 7) is 1.57. The molecule has 25 heavy (non-hydrogen) atoms. The van der Waals surface area contributed by atoms with E-state index >= 15 is 0 Å². The maximum atomic E-state index is 10.3. The summed E-state index contributed by atoms with van der Waals surface area (Å²) in [5.41, 5.74) is 2.40. The van der Waals surface area contributed by atoms with Gasteiger partial charge in [-0.05, 0) is 49.6 Å². The Morgan fingerprint density at radius 1 is 1.20 bits per heavy atom. The number of nitriles is 1. The Labute approximate surface area is 148 Å². The van der Waals surface area contributed by atoms with Gasteiger partial charge in [-0.3, -0.25) is 0 Å². The largest absolute Gasteiger partial charge is 0.508 e. The molecule has 2 saturated heterocycles. The number of benzene rings is 2. The molecule has 2 aromatic rings. The summed E-state index contributed by atoms with van der Waals surface area (Å²) in [4.78, 5) is 0. The number of hydrogen-bond acceptors (Lipinski definition) is 4. The van der Waals surface area contributed by atoms with Gasteiger partial charge in [-0.1, -0.05) is 30.3 Å². The first kappa shape index (κ1) is 16.1. The topological polar surface area (TPSA) is 65.3 Å². The number of aromatic hydroxyl groups is 1. The van der Waals surface area contributed by atoms with Crippen LogP contribution >= 0.6 is 0 Å². The molecule has 2 heterocycles. The van der Waals surface area contributed by atoms with Crippen LogP contribution in [0.25, 0.3) is 0 Å². The van der Waals surface area contributed by atoms with Gasteiger partial charge in [0.15, 0.2) is 0 Å². The first-order valence-corrected chi connectivity index (χ1v) is 8.87. The quantitative estimate of drug-likeness (QED) is 0.880. The van der Waals surface area contributed by atoms with Crippen molar-refractivity contribution in [2.75, 3.05) is 13.2 Å². The Morgan fingerprint density at radius 3 is 2.84 bits per heavy atom. The van der Waals surface area contributed by atoms with Crippen LogP contribution in [0.2, 0.25) is 0 Å². The molecule has 0 amide bonds. The van der Waals surface area contributed by atoms with Gasteiger partial charge in [-0.25, -0.2) is 0 Å². The first-order valence-electron chi connectivity index (χ1n) is 8.87. The van der Waals surface area contributed by atoms with E-state index in [1.165, 1.54) is 5.56 Å². The zero-order chi connectivity index (χ0) is 17.3. The number of phenolic OH excluding ortho intramolecular Hbond substituents is 1. The molecule has 2 N–H and O–H groups in total. The number of piperidine rings is 1. The fourth-order valence-corrected chi connectivity index (χ4v) is 4.36. The Kier molecular flexibility index (Phi) is 4.20. The minimum Gasteiger partial charge on any atom is -0.508 e. The van der Waals surface area contributed by atoms with E-state index in [4.69, 9.17) is 10.00 Å². The van der Waals surface area contributed by atoms with Gasteiger partial charge in [0.25, 0.3) is 0 Å². The first-order chi connectivity index (χ1) is 12.2. The summed E-state index contributed by atoms with van der Waals surface area (Å²) in [5.74, 6) is 0.365. The number of hydrogen-bond donors (Lipinski definition) is 2. The normalized spacial score (nSPS) is 28.8. The van der Waals surface area contributed by atoms with Crippen LogP contribution < -0.4 is 5.32 Å². The molecule has 2 aromatic carbocycles. The second-order valence-corrected chi connectivity index (χ2v) is 7.06. The van der Waals surface area contributed by atoms with Gasteiger partial charge in [0.1, 0.15) is 5.75 Å². The van der Waals surface area contributed by atoms with E-state index in [0.29, 0.717) is 12.2 Å². The average molecular weight is 334 g/mol. The summed E-state index contributed by atoms with van der Waals surface area (Å²) in [6, 6.07) is 17.8. The predicted octanol–water partition coefficient (Wildman–Crippen LogP) is 3.63. The second kappa shape index (κ2) is 6.51. The zero-order valence-corrected chi connectivity index (χ0v) is 14.1. The van der Waals surface area contributed by atoms with Crippen LogP contribution in [0.4, 0.5) is 0 Å². The minimum atomic E-state index is -0.251. The third-order valence-electron chi connectivity index (χ3n) is 5.54. The van der Waals surface area contributed by atoms with Gasteiger partial charge < -0.3 is 15.2 Å². The van der Waals surface area contributed by atoms with Crippen LogP contribution in [0.3, 0.4) is 0 Å². The number of ether oxygens (including phenoxy) is 1. The molecule has 2 aliphatic heterocycles. The van der Waals surface area contributed by atoms with Crippen molar-refractivity contribution in [3.05, 3.63) is 65.2 Å². The van der Waals surface area contributed by atoms with Gasteiger partial charge in [0, 0.05) is 11.5 Å². The zero-order valence-electron chi connectivity index (χ0n) is 14.1. The van der Waals surface area contributed by atoms with Crippen LogP contribution in [0, 0.1) is 11.3 Å². The highest BCUT2D eigenvalue weighted by Gasteiger charge is 2.48. The average Bonchev–Trinajstić information content (AvgIpc) is 3.07. The summed E-state index contributed by atoms with van der Waals surface area (Å²) >= 11 is 0. The van der Waals surface area contributed by atoms with Crippen LogP contribution in [-0.2, 0) is 4.74 Å². The van der Waals surface area contributed by atoms with E-state index in [0.717, 1.165) is 31.4 Å². The van der Waals surface area contributed by atoms with Crippen LogP contribution in [0.1, 0.15) is 47.9 Å². The molecule has 4 heteroatoms. The van der Waals surface area contributed by atoms with Crippen molar-refractivity contribution in [1.29, 1.82) is 5.26 Å². The molecule has 3 atom stereocenters. The number of nitrogens with one attached hydrogen (secondary N) is 1. The van der Waals surface area contributed by atoms with E-state index in [1.807, 2.05) is 6.07 Å². The lowest BCUT2D eigenvalue weighted by atomic mass is 9.76. The smallest absolute Gasteiger partial charge is 0.119 e. The molecule has 4 nitrogen and oxygen atoms in total. The molecule has 0 bridgehead atoms. The standard InChI is InChI=1S/C21H22N2O2/c22-13-15-7-8-19(24)18(11-15)17-12-21(25-14-17)9-4-10-23-20(21)16-5-2-1-3-6-16/h1-3,5-8,11,17,20,23-24H,4,9-10,12,14H2/t17-,20-,21+/m0/s1. The summed E-state index contributed by atoms with van der Waals surface area (Å²) < 4.78 is 6.39. The van der Waals surface area contributed by atoms with E-state index in [9.17, 15) is 5.11 Å². The SMILES string of the molecule is N#Cc1ccc(O)c([C@@H]2CO[C@]3(CCCN[C@H]3c3ccccc3)C2)c1. The van der Waals surface area contributed by atoms with E-state index in [-0.39, 0.29) is 23.3 Å². The Hall–Kier alpha value is -2.35. The molecule has 4 rings (SSSR count). The highest BCUT2D eigenvalue weighted by Crippen LogP contribution is 2.49. The monoisotopic (exact) mass is 334 g/mol. The fraction of sp³-hybridized carbons (Fsp3) is 0.381. The molecule has 128 valence electrons. The minimum absolute atomic E-state index is 0.111. The van der Waals surface area contributed by atoms with Crippen LogP contribution in [-0.4, -0.2) is 23.9 Å². The molecule has 2 fully saturated rings. The predicted molar refractivity (Wildman–Crippen MR) is 95.3 cm³/mol. The molecule has 0 aromatic heterocycles. The summed E-state index contributed by atoms with van der Waals surface area (Å²) in [5, 5.41) is 23.1. The van der Waals surface area contributed by atoms with Gasteiger partial charge in [-0.2, -0.15) is 5.26 Å². The lowest BCUT2D eigenvalue weighted by Gasteiger charge is -2.41. The van der Waals surface area contributed by atoms with Crippen LogP contribution in [0.5, 0.6) is 5.75 Å². The maximum absolute atomic E-state index is 10.3. The van der Waals surface area contributed by atoms with E-state index in [2.05, 4.69) is 35.7 Å². The van der Waals surface area contributed by atoms with E-state index in [1.54, 1.807) is 18.2 Å². The van der Waals surface area contributed by atoms with Gasteiger partial charge in [-0.15, -0.1) is 0 Å². The highest BCUT2D eigenvalue weighted by atomic mass is 16.5. The third kappa shape index (κ3) is 2.90. The van der Waals surface area contributed by atoms with Gasteiger partial charge >= 0.3 is 0 Å². The van der Waals surface area contributed by atoms with Crippen molar-refractivity contribution in [3.63, 3.8) is 0 Å². The summed E-state index contributed by atoms with van der Waals surface area (Å²) in [7, 11) is 0. The fourth-order valence-electron chi connectivity index (χ4n) is 4.36. The molecule has 1 spiro atoms. The molecule has 0 radical (unpaired) electrons. The lowest BCUT2D eigenvalue weighted by Crippen LogP contribution is -2.48. The number of rotatable bonds is 2. The molecule has 2 aliphatic rings. The second-order valence-electron chi connectivity index (χ2n) is 7.06. The number of phenols is 1. The van der Waals surface area contributed by atoms with Crippen molar-refractivity contribution in [1.82, 2.24) is 5.32 Å². The Morgan fingerprint density at radius 2 is 2.04 bits per heavy atom. The Balaban J connectivity index is 1.65.